The van der Waals surface area contributed by atoms with Gasteiger partial charge < -0.3 is 15.0 Å². The SMILES string of the molecule is CCCCNC(=O)N(C)CCCC(=O)OC. The van der Waals surface area contributed by atoms with Crippen molar-refractivity contribution in [3.8, 4) is 0 Å². The number of hydrogen-bond acceptors (Lipinski definition) is 3. The average molecular weight is 230 g/mol. The molecule has 0 rings (SSSR count). The van der Waals surface area contributed by atoms with E-state index in [0.29, 0.717) is 25.9 Å². The molecule has 0 saturated heterocycles. The Kier molecular flexibility index (Phi) is 8.29. The standard InChI is InChI=1S/C11H22N2O3/c1-4-5-8-12-11(15)13(2)9-6-7-10(14)16-3/h4-9H2,1-3H3,(H,12,15). The van der Waals surface area contributed by atoms with Crippen molar-refractivity contribution < 1.29 is 14.3 Å². The van der Waals surface area contributed by atoms with Gasteiger partial charge in [-0.2, -0.15) is 0 Å². The highest BCUT2D eigenvalue weighted by molar-refractivity contribution is 5.74. The Morgan fingerprint density at radius 3 is 2.56 bits per heavy atom. The fraction of sp³-hybridized carbons (Fsp3) is 0.818. The minimum absolute atomic E-state index is 0.0849. The van der Waals surface area contributed by atoms with Crippen LogP contribution >= 0.6 is 0 Å². The monoisotopic (exact) mass is 230 g/mol. The zero-order chi connectivity index (χ0) is 12.4. The molecule has 0 aromatic carbocycles. The van der Waals surface area contributed by atoms with Crippen molar-refractivity contribution in [2.24, 2.45) is 0 Å². The van der Waals surface area contributed by atoms with Gasteiger partial charge in [-0.05, 0) is 12.8 Å². The van der Waals surface area contributed by atoms with Crippen LogP contribution in [0.5, 0.6) is 0 Å². The van der Waals surface area contributed by atoms with Crippen LogP contribution in [-0.2, 0) is 9.53 Å². The van der Waals surface area contributed by atoms with Crippen LogP contribution in [0.1, 0.15) is 32.6 Å². The molecular weight excluding hydrogens is 208 g/mol. The van der Waals surface area contributed by atoms with E-state index >= 15 is 0 Å². The van der Waals surface area contributed by atoms with Gasteiger partial charge in [-0.3, -0.25) is 4.79 Å². The molecule has 0 aliphatic carbocycles. The highest BCUT2D eigenvalue weighted by atomic mass is 16.5. The molecule has 0 aliphatic heterocycles. The first-order valence-electron chi connectivity index (χ1n) is 5.67. The Bertz CT molecular complexity index is 219. The van der Waals surface area contributed by atoms with Crippen molar-refractivity contribution in [3.05, 3.63) is 0 Å². The number of carbonyl (C=O) groups is 2. The van der Waals surface area contributed by atoms with Gasteiger partial charge in [0.2, 0.25) is 0 Å². The van der Waals surface area contributed by atoms with E-state index in [2.05, 4.69) is 17.0 Å². The third kappa shape index (κ3) is 7.09. The van der Waals surface area contributed by atoms with Crippen LogP contribution in [0.25, 0.3) is 0 Å². The molecule has 5 nitrogen and oxygen atoms in total. The largest absolute Gasteiger partial charge is 0.469 e. The summed E-state index contributed by atoms with van der Waals surface area (Å²) in [5, 5.41) is 2.81. The molecule has 2 amide bonds. The Balaban J connectivity index is 3.58. The average Bonchev–Trinajstić information content (AvgIpc) is 2.28. The van der Waals surface area contributed by atoms with Crippen molar-refractivity contribution in [2.45, 2.75) is 32.6 Å². The molecule has 0 fully saturated rings. The number of amides is 2. The molecule has 0 unspecified atom stereocenters. The number of carbonyl (C=O) groups excluding carboxylic acids is 2. The maximum absolute atomic E-state index is 11.5. The zero-order valence-electron chi connectivity index (χ0n) is 10.4. The van der Waals surface area contributed by atoms with E-state index in [0.717, 1.165) is 12.8 Å². The summed E-state index contributed by atoms with van der Waals surface area (Å²) in [7, 11) is 3.09. The minimum atomic E-state index is -0.236. The maximum atomic E-state index is 11.5. The van der Waals surface area contributed by atoms with E-state index < -0.39 is 0 Å². The molecule has 0 bridgehead atoms. The third-order valence-corrected chi connectivity index (χ3v) is 2.26. The molecule has 1 N–H and O–H groups in total. The molecule has 0 saturated carbocycles. The van der Waals surface area contributed by atoms with Crippen molar-refractivity contribution in [1.29, 1.82) is 0 Å². The number of nitrogens with one attached hydrogen (secondary N) is 1. The second-order valence-electron chi connectivity index (χ2n) is 3.69. The van der Waals surface area contributed by atoms with Crippen molar-refractivity contribution in [1.82, 2.24) is 10.2 Å². The topological polar surface area (TPSA) is 58.6 Å². The fourth-order valence-corrected chi connectivity index (χ4v) is 1.17. The highest BCUT2D eigenvalue weighted by Gasteiger charge is 2.08. The van der Waals surface area contributed by atoms with Gasteiger partial charge in [0.1, 0.15) is 0 Å². The Hall–Kier alpha value is -1.26. The smallest absolute Gasteiger partial charge is 0.317 e. The number of urea groups is 1. The van der Waals surface area contributed by atoms with Crippen LogP contribution in [0.15, 0.2) is 0 Å². The maximum Gasteiger partial charge on any atom is 0.317 e. The summed E-state index contributed by atoms with van der Waals surface area (Å²) < 4.78 is 4.51. The number of rotatable bonds is 7. The molecule has 0 aromatic heterocycles. The third-order valence-electron chi connectivity index (χ3n) is 2.26. The van der Waals surface area contributed by atoms with Gasteiger partial charge in [0.05, 0.1) is 7.11 Å². The molecule has 0 heterocycles. The van der Waals surface area contributed by atoms with E-state index in [1.165, 1.54) is 7.11 Å². The Labute approximate surface area is 97.1 Å². The second-order valence-corrected chi connectivity index (χ2v) is 3.69. The van der Waals surface area contributed by atoms with Gasteiger partial charge in [0.15, 0.2) is 0 Å². The molecule has 0 aliphatic rings. The highest BCUT2D eigenvalue weighted by Crippen LogP contribution is 1.95. The lowest BCUT2D eigenvalue weighted by molar-refractivity contribution is -0.140. The summed E-state index contributed by atoms with van der Waals surface area (Å²) in [4.78, 5) is 23.9. The first-order valence-corrected chi connectivity index (χ1v) is 5.67. The predicted octanol–water partition coefficient (Wildman–Crippen LogP) is 1.38. The summed E-state index contributed by atoms with van der Waals surface area (Å²) in [5.74, 6) is -0.236. The van der Waals surface area contributed by atoms with Crippen molar-refractivity contribution in [2.75, 3.05) is 27.2 Å². The predicted molar refractivity (Wildman–Crippen MR) is 62.2 cm³/mol. The van der Waals surface area contributed by atoms with E-state index in [9.17, 15) is 9.59 Å². The normalized spacial score (nSPS) is 9.69. The van der Waals surface area contributed by atoms with Crippen molar-refractivity contribution in [3.63, 3.8) is 0 Å². The molecule has 0 spiro atoms. The second kappa shape index (κ2) is 9.00. The van der Waals surface area contributed by atoms with Gasteiger partial charge in [-0.15, -0.1) is 0 Å². The lowest BCUT2D eigenvalue weighted by Crippen LogP contribution is -2.38. The summed E-state index contributed by atoms with van der Waals surface area (Å²) in [5.41, 5.74) is 0. The van der Waals surface area contributed by atoms with E-state index in [1.54, 1.807) is 11.9 Å². The lowest BCUT2D eigenvalue weighted by atomic mass is 10.3. The van der Waals surface area contributed by atoms with Crippen LogP contribution in [0, 0.1) is 0 Å². The van der Waals surface area contributed by atoms with Gasteiger partial charge in [0, 0.05) is 26.6 Å². The molecule has 0 radical (unpaired) electrons. The minimum Gasteiger partial charge on any atom is -0.469 e. The Morgan fingerprint density at radius 1 is 1.31 bits per heavy atom. The summed E-state index contributed by atoms with van der Waals surface area (Å²) >= 11 is 0. The number of unbranched alkanes of at least 4 members (excludes halogenated alkanes) is 1. The number of hydrogen-bond donors (Lipinski definition) is 1. The summed E-state index contributed by atoms with van der Waals surface area (Å²) in [6.07, 6.45) is 3.03. The molecular formula is C11H22N2O3. The summed E-state index contributed by atoms with van der Waals surface area (Å²) in [6.45, 7) is 3.34. The van der Waals surface area contributed by atoms with Crippen LogP contribution in [0.4, 0.5) is 4.79 Å². The van der Waals surface area contributed by atoms with Crippen LogP contribution in [-0.4, -0.2) is 44.1 Å². The van der Waals surface area contributed by atoms with Gasteiger partial charge in [-0.25, -0.2) is 4.79 Å². The van der Waals surface area contributed by atoms with Gasteiger partial charge >= 0.3 is 12.0 Å². The molecule has 5 heteroatoms. The molecule has 16 heavy (non-hydrogen) atoms. The van der Waals surface area contributed by atoms with Gasteiger partial charge in [-0.1, -0.05) is 13.3 Å². The number of esters is 1. The number of methoxy groups -OCH3 is 1. The van der Waals surface area contributed by atoms with Crippen LogP contribution in [0.2, 0.25) is 0 Å². The first-order chi connectivity index (χ1) is 7.61. The first kappa shape index (κ1) is 14.7. The molecule has 0 atom stereocenters. The van der Waals surface area contributed by atoms with E-state index in [4.69, 9.17) is 0 Å². The van der Waals surface area contributed by atoms with Crippen LogP contribution in [0.3, 0.4) is 0 Å². The van der Waals surface area contributed by atoms with Gasteiger partial charge in [0.25, 0.3) is 0 Å². The Morgan fingerprint density at radius 2 is 2.00 bits per heavy atom. The number of ether oxygens (including phenoxy) is 1. The van der Waals surface area contributed by atoms with Crippen molar-refractivity contribution >= 4 is 12.0 Å². The molecule has 0 aromatic rings. The fourth-order valence-electron chi connectivity index (χ4n) is 1.17. The number of nitrogens with zero attached hydrogens (tertiary/aromatic N) is 1. The molecule has 94 valence electrons. The lowest BCUT2D eigenvalue weighted by Gasteiger charge is -2.17. The summed E-state index contributed by atoms with van der Waals surface area (Å²) in [6, 6.07) is -0.0849. The van der Waals surface area contributed by atoms with E-state index in [1.807, 2.05) is 0 Å². The van der Waals surface area contributed by atoms with Crippen LogP contribution < -0.4 is 5.32 Å². The quantitative estimate of drug-likeness (QED) is 0.531. The van der Waals surface area contributed by atoms with E-state index in [-0.39, 0.29) is 12.0 Å². The zero-order valence-corrected chi connectivity index (χ0v) is 10.4.